The van der Waals surface area contributed by atoms with Gasteiger partial charge < -0.3 is 5.32 Å². The molecule has 1 aliphatic carbocycles. The lowest BCUT2D eigenvalue weighted by Gasteiger charge is -2.29. The first-order valence-electron chi connectivity index (χ1n) is 6.62. The smallest absolute Gasteiger partial charge is 0.161 e. The van der Waals surface area contributed by atoms with E-state index in [-0.39, 0.29) is 11.4 Å². The largest absolute Gasteiger partial charge is 0.332 e. The summed E-state index contributed by atoms with van der Waals surface area (Å²) in [6.07, 6.45) is 6.19. The van der Waals surface area contributed by atoms with Crippen molar-refractivity contribution in [1.29, 1.82) is 0 Å². The number of anilines is 1. The normalized spacial score (nSPS) is 21.5. The minimum absolute atomic E-state index is 0.114. The molecule has 0 atom stereocenters. The average molecular weight is 343 g/mol. The molecule has 3 rings (SSSR count). The molecular weight excluding hydrogens is 327 g/mol. The number of hydrogen-bond donors (Lipinski definition) is 1. The fraction of sp³-hybridized carbons (Fsp3) is 0.500. The highest BCUT2D eigenvalue weighted by Crippen LogP contribution is 2.40. The van der Waals surface area contributed by atoms with Gasteiger partial charge in [0.2, 0.25) is 0 Å². The Morgan fingerprint density at radius 3 is 2.79 bits per heavy atom. The number of hydrogen-bond acceptors (Lipinski definition) is 3. The summed E-state index contributed by atoms with van der Waals surface area (Å²) in [4.78, 5) is 4.84. The number of rotatable bonds is 1. The molecule has 1 aliphatic heterocycles. The van der Waals surface area contributed by atoms with Gasteiger partial charge >= 0.3 is 0 Å². The molecule has 1 spiro atoms. The molecule has 19 heavy (non-hydrogen) atoms. The van der Waals surface area contributed by atoms with Crippen molar-refractivity contribution in [3.05, 3.63) is 28.5 Å². The monoisotopic (exact) mass is 342 g/mol. The van der Waals surface area contributed by atoms with Crippen LogP contribution in [0.4, 0.5) is 10.1 Å². The predicted molar refractivity (Wildman–Crippen MR) is 83.4 cm³/mol. The summed E-state index contributed by atoms with van der Waals surface area (Å²) in [5, 5.41) is 3.99. The van der Waals surface area contributed by atoms with Crippen LogP contribution in [0.15, 0.2) is 27.7 Å². The van der Waals surface area contributed by atoms with E-state index in [0.717, 1.165) is 15.4 Å². The van der Waals surface area contributed by atoms with Crippen LogP contribution < -0.4 is 5.32 Å². The number of nitrogens with one attached hydrogen (secondary N) is 1. The van der Waals surface area contributed by atoms with E-state index in [4.69, 9.17) is 4.99 Å². The Hall–Kier alpha value is -0.550. The van der Waals surface area contributed by atoms with E-state index in [1.54, 1.807) is 17.8 Å². The van der Waals surface area contributed by atoms with E-state index in [9.17, 15) is 4.39 Å². The van der Waals surface area contributed by atoms with Crippen molar-refractivity contribution >= 4 is 38.5 Å². The van der Waals surface area contributed by atoms with Crippen molar-refractivity contribution in [3.63, 3.8) is 0 Å². The van der Waals surface area contributed by atoms with Crippen LogP contribution in [0.5, 0.6) is 0 Å². The molecule has 0 radical (unpaired) electrons. The molecule has 1 aromatic rings. The van der Waals surface area contributed by atoms with Crippen molar-refractivity contribution in [2.24, 2.45) is 4.99 Å². The summed E-state index contributed by atoms with van der Waals surface area (Å²) in [5.41, 5.74) is 0.602. The third-order valence-corrected chi connectivity index (χ3v) is 5.60. The highest BCUT2D eigenvalue weighted by molar-refractivity contribution is 9.10. The molecule has 1 saturated carbocycles. The van der Waals surface area contributed by atoms with Gasteiger partial charge in [-0.1, -0.05) is 37.1 Å². The van der Waals surface area contributed by atoms with Gasteiger partial charge in [-0.05, 0) is 40.9 Å². The highest BCUT2D eigenvalue weighted by Gasteiger charge is 2.36. The zero-order valence-electron chi connectivity index (χ0n) is 10.6. The molecule has 2 nitrogen and oxygen atoms in total. The van der Waals surface area contributed by atoms with Crippen LogP contribution >= 0.6 is 27.7 Å². The van der Waals surface area contributed by atoms with Crippen LogP contribution in [0, 0.1) is 5.82 Å². The molecule has 0 bridgehead atoms. The van der Waals surface area contributed by atoms with Gasteiger partial charge in [0.15, 0.2) is 5.17 Å². The average Bonchev–Trinajstić information content (AvgIpc) is 2.78. The van der Waals surface area contributed by atoms with Gasteiger partial charge in [-0.25, -0.2) is 4.39 Å². The number of aliphatic imine (C=N–C) groups is 1. The number of thioether (sulfide) groups is 1. The molecule has 0 amide bonds. The maximum atomic E-state index is 13.8. The number of benzene rings is 1. The third-order valence-electron chi connectivity index (χ3n) is 3.80. The standard InChI is InChI=1S/C14H16BrFN2S/c15-10-5-4-6-11(16)12(10)17-13-18-14(9-19-13)7-2-1-3-8-14/h4-6H,1-3,7-9H2,(H,17,18). The van der Waals surface area contributed by atoms with E-state index in [1.807, 2.05) is 6.07 Å². The summed E-state index contributed by atoms with van der Waals surface area (Å²) in [6, 6.07) is 4.99. The summed E-state index contributed by atoms with van der Waals surface area (Å²) < 4.78 is 14.5. The second-order valence-electron chi connectivity index (χ2n) is 5.21. The second-order valence-corrected chi connectivity index (χ2v) is 7.03. The van der Waals surface area contributed by atoms with Crippen LogP contribution in [0.2, 0.25) is 0 Å². The van der Waals surface area contributed by atoms with E-state index in [0.29, 0.717) is 5.69 Å². The van der Waals surface area contributed by atoms with Gasteiger partial charge in [0, 0.05) is 10.2 Å². The first-order chi connectivity index (χ1) is 9.19. The van der Waals surface area contributed by atoms with Crippen molar-refractivity contribution in [3.8, 4) is 0 Å². The van der Waals surface area contributed by atoms with Crippen LogP contribution in [-0.4, -0.2) is 16.5 Å². The quantitative estimate of drug-likeness (QED) is 0.792. The number of amidine groups is 1. The first-order valence-corrected chi connectivity index (χ1v) is 8.40. The Bertz CT molecular complexity index is 492. The predicted octanol–water partition coefficient (Wildman–Crippen LogP) is 4.81. The van der Waals surface area contributed by atoms with Crippen LogP contribution in [-0.2, 0) is 0 Å². The van der Waals surface area contributed by atoms with E-state index in [1.165, 1.54) is 38.2 Å². The highest BCUT2D eigenvalue weighted by atomic mass is 79.9. The number of para-hydroxylation sites is 1. The molecule has 0 saturated heterocycles. The Balaban J connectivity index is 1.79. The minimum Gasteiger partial charge on any atom is -0.332 e. The van der Waals surface area contributed by atoms with Crippen LogP contribution in [0.25, 0.3) is 0 Å². The second kappa shape index (κ2) is 5.44. The van der Waals surface area contributed by atoms with Gasteiger partial charge in [0.25, 0.3) is 0 Å². The van der Waals surface area contributed by atoms with Crippen LogP contribution in [0.1, 0.15) is 32.1 Å². The lowest BCUT2D eigenvalue weighted by molar-refractivity contribution is 0.335. The summed E-state index contributed by atoms with van der Waals surface area (Å²) >= 11 is 5.09. The molecule has 102 valence electrons. The number of nitrogens with zero attached hydrogens (tertiary/aromatic N) is 1. The molecule has 0 aromatic heterocycles. The fourth-order valence-corrected chi connectivity index (χ4v) is 4.37. The molecule has 1 N–H and O–H groups in total. The zero-order chi connectivity index (χ0) is 13.3. The Morgan fingerprint density at radius 2 is 2.05 bits per heavy atom. The van der Waals surface area contributed by atoms with Crippen molar-refractivity contribution in [2.45, 2.75) is 37.6 Å². The summed E-state index contributed by atoms with van der Waals surface area (Å²) in [5.74, 6) is 0.781. The van der Waals surface area contributed by atoms with Crippen molar-refractivity contribution in [1.82, 2.24) is 0 Å². The summed E-state index contributed by atoms with van der Waals surface area (Å²) in [6.45, 7) is 0. The maximum absolute atomic E-state index is 13.8. The van der Waals surface area contributed by atoms with Gasteiger partial charge in [0.05, 0.1) is 11.2 Å². The topological polar surface area (TPSA) is 24.4 Å². The Labute approximate surface area is 125 Å². The third kappa shape index (κ3) is 2.82. The summed E-state index contributed by atoms with van der Waals surface area (Å²) in [7, 11) is 0. The lowest BCUT2D eigenvalue weighted by atomic mass is 9.84. The van der Waals surface area contributed by atoms with E-state index in [2.05, 4.69) is 21.2 Å². The van der Waals surface area contributed by atoms with E-state index < -0.39 is 0 Å². The Morgan fingerprint density at radius 1 is 1.26 bits per heavy atom. The number of halogens is 2. The minimum atomic E-state index is -0.248. The molecule has 0 unspecified atom stereocenters. The first kappa shape index (κ1) is 13.4. The lowest BCUT2D eigenvalue weighted by Crippen LogP contribution is -2.29. The zero-order valence-corrected chi connectivity index (χ0v) is 13.0. The van der Waals surface area contributed by atoms with Crippen molar-refractivity contribution < 1.29 is 4.39 Å². The molecule has 1 aromatic carbocycles. The molecule has 1 heterocycles. The van der Waals surface area contributed by atoms with Gasteiger partial charge in [-0.2, -0.15) is 0 Å². The maximum Gasteiger partial charge on any atom is 0.161 e. The van der Waals surface area contributed by atoms with Gasteiger partial charge in [0.1, 0.15) is 5.82 Å². The molecule has 2 aliphatic rings. The van der Waals surface area contributed by atoms with Gasteiger partial charge in [-0.3, -0.25) is 4.99 Å². The Kier molecular flexibility index (Phi) is 3.85. The molecule has 5 heteroatoms. The molecule has 1 fully saturated rings. The van der Waals surface area contributed by atoms with Crippen LogP contribution in [0.3, 0.4) is 0 Å². The van der Waals surface area contributed by atoms with Crippen molar-refractivity contribution in [2.75, 3.05) is 11.1 Å². The van der Waals surface area contributed by atoms with Gasteiger partial charge in [-0.15, -0.1) is 0 Å². The SMILES string of the molecule is Fc1cccc(Br)c1NC1=NC2(CCCCC2)CS1. The fourth-order valence-electron chi connectivity index (χ4n) is 2.74. The molecular formula is C14H16BrFN2S. The van der Waals surface area contributed by atoms with E-state index >= 15 is 0 Å².